The van der Waals surface area contributed by atoms with E-state index in [-0.39, 0.29) is 6.04 Å². The fraction of sp³-hybridized carbons (Fsp3) is 0.583. The molecule has 0 radical (unpaired) electrons. The monoisotopic (exact) mass is 249 g/mol. The Kier molecular flexibility index (Phi) is 2.65. The summed E-state index contributed by atoms with van der Waals surface area (Å²) in [7, 11) is 0. The minimum absolute atomic E-state index is 0.195. The van der Waals surface area contributed by atoms with Crippen molar-refractivity contribution in [1.29, 1.82) is 0 Å². The van der Waals surface area contributed by atoms with Gasteiger partial charge in [0.1, 0.15) is 0 Å². The van der Waals surface area contributed by atoms with Gasteiger partial charge in [-0.05, 0) is 32.6 Å². The first-order valence-corrected chi connectivity index (χ1v) is 6.29. The number of rotatable bonds is 4. The molecule has 2 aromatic heterocycles. The Balaban J connectivity index is 2.01. The zero-order valence-electron chi connectivity index (χ0n) is 10.5. The van der Waals surface area contributed by atoms with E-state index in [0.717, 1.165) is 6.54 Å². The zero-order chi connectivity index (χ0) is 12.7. The molecule has 0 amide bonds. The fourth-order valence-electron chi connectivity index (χ4n) is 1.95. The normalized spacial score (nSPS) is 15.6. The van der Waals surface area contributed by atoms with E-state index in [1.54, 1.807) is 6.33 Å². The molecule has 5 nitrogen and oxygen atoms in total. The quantitative estimate of drug-likeness (QED) is 0.845. The Bertz CT molecular complexity index is 573. The highest BCUT2D eigenvalue weighted by molar-refractivity contribution is 5.82. The van der Waals surface area contributed by atoms with Crippen molar-refractivity contribution in [2.45, 2.75) is 32.7 Å². The summed E-state index contributed by atoms with van der Waals surface area (Å²) in [5, 5.41) is 3.18. The lowest BCUT2D eigenvalue weighted by atomic mass is 10.4. The van der Waals surface area contributed by atoms with Crippen LogP contribution in [0.25, 0.3) is 11.2 Å². The molecule has 0 saturated heterocycles. The molecule has 0 unspecified atom stereocenters. The van der Waals surface area contributed by atoms with Gasteiger partial charge in [0.05, 0.1) is 6.33 Å². The third-order valence-electron chi connectivity index (χ3n) is 3.21. The van der Waals surface area contributed by atoms with Crippen LogP contribution in [0, 0.1) is 12.0 Å². The van der Waals surface area contributed by atoms with Gasteiger partial charge in [0, 0.05) is 12.6 Å². The van der Waals surface area contributed by atoms with Gasteiger partial charge in [-0.15, -0.1) is 0 Å². The molecule has 2 heterocycles. The van der Waals surface area contributed by atoms with E-state index >= 15 is 0 Å². The molecule has 0 bridgehead atoms. The zero-order valence-corrected chi connectivity index (χ0v) is 10.5. The third kappa shape index (κ3) is 2.02. The van der Waals surface area contributed by atoms with E-state index in [0.29, 0.717) is 22.9 Å². The van der Waals surface area contributed by atoms with E-state index < -0.39 is 6.08 Å². The second-order valence-electron chi connectivity index (χ2n) is 5.08. The first-order valence-electron chi connectivity index (χ1n) is 6.29. The summed E-state index contributed by atoms with van der Waals surface area (Å²) in [5.41, 5.74) is 1.20. The summed E-state index contributed by atoms with van der Waals surface area (Å²) in [4.78, 5) is 11.9. The van der Waals surface area contributed by atoms with E-state index in [1.807, 2.05) is 18.4 Å². The van der Waals surface area contributed by atoms with Crippen LogP contribution in [0.5, 0.6) is 0 Å². The van der Waals surface area contributed by atoms with Crippen molar-refractivity contribution in [1.82, 2.24) is 19.5 Å². The molecule has 1 aliphatic carbocycles. The van der Waals surface area contributed by atoms with E-state index in [9.17, 15) is 4.39 Å². The van der Waals surface area contributed by atoms with E-state index in [2.05, 4.69) is 20.3 Å². The van der Waals surface area contributed by atoms with E-state index in [1.165, 1.54) is 12.8 Å². The van der Waals surface area contributed by atoms with Crippen LogP contribution in [0.2, 0.25) is 0 Å². The van der Waals surface area contributed by atoms with Gasteiger partial charge in [-0.2, -0.15) is 14.4 Å². The molecule has 1 aliphatic rings. The number of imidazole rings is 1. The largest absolute Gasteiger partial charge is 0.368 e. The van der Waals surface area contributed by atoms with E-state index in [4.69, 9.17) is 0 Å². The molecular formula is C12H16FN5. The summed E-state index contributed by atoms with van der Waals surface area (Å²) in [6.45, 7) is 4.86. The number of nitrogens with zero attached hydrogens (tertiary/aromatic N) is 4. The second kappa shape index (κ2) is 4.19. The SMILES string of the molecule is CC(C)n1cnc2c(NCC3CC3)nc(F)nc21. The van der Waals surface area contributed by atoms with Gasteiger partial charge in [0.15, 0.2) is 17.0 Å². The number of aromatic nitrogens is 4. The predicted octanol–water partition coefficient (Wildman–Crippen LogP) is 2.37. The molecular weight excluding hydrogens is 233 g/mol. The highest BCUT2D eigenvalue weighted by Gasteiger charge is 2.22. The molecule has 1 fully saturated rings. The van der Waals surface area contributed by atoms with Gasteiger partial charge >= 0.3 is 6.08 Å². The fourth-order valence-corrected chi connectivity index (χ4v) is 1.95. The van der Waals surface area contributed by atoms with Gasteiger partial charge in [-0.1, -0.05) is 0 Å². The standard InChI is InChI=1S/C12H16FN5/c1-7(2)18-6-15-9-10(14-5-8-3-4-8)16-12(13)17-11(9)18/h6-8H,3-5H2,1-2H3,(H,14,16,17). The minimum Gasteiger partial charge on any atom is -0.368 e. The molecule has 2 aromatic rings. The average Bonchev–Trinajstić information content (AvgIpc) is 3.04. The highest BCUT2D eigenvalue weighted by atomic mass is 19.1. The highest BCUT2D eigenvalue weighted by Crippen LogP contribution is 2.29. The van der Waals surface area contributed by atoms with Crippen LogP contribution < -0.4 is 5.32 Å². The van der Waals surface area contributed by atoms with Crippen LogP contribution in [-0.2, 0) is 0 Å². The molecule has 0 aromatic carbocycles. The lowest BCUT2D eigenvalue weighted by Gasteiger charge is -2.08. The van der Waals surface area contributed by atoms with Crippen LogP contribution in [0.1, 0.15) is 32.7 Å². The minimum atomic E-state index is -0.705. The van der Waals surface area contributed by atoms with Crippen LogP contribution in [-0.4, -0.2) is 26.1 Å². The maximum absolute atomic E-state index is 13.5. The van der Waals surface area contributed by atoms with Crippen molar-refractivity contribution in [2.75, 3.05) is 11.9 Å². The second-order valence-corrected chi connectivity index (χ2v) is 5.08. The predicted molar refractivity (Wildman–Crippen MR) is 66.9 cm³/mol. The Morgan fingerprint density at radius 1 is 1.44 bits per heavy atom. The first-order chi connectivity index (χ1) is 8.65. The van der Waals surface area contributed by atoms with Crippen molar-refractivity contribution < 1.29 is 4.39 Å². The first kappa shape index (κ1) is 11.4. The van der Waals surface area contributed by atoms with Gasteiger partial charge in [0.25, 0.3) is 0 Å². The van der Waals surface area contributed by atoms with Gasteiger partial charge in [0.2, 0.25) is 0 Å². The summed E-state index contributed by atoms with van der Waals surface area (Å²) >= 11 is 0. The van der Waals surface area contributed by atoms with Crippen molar-refractivity contribution in [3.05, 3.63) is 12.4 Å². The lowest BCUT2D eigenvalue weighted by Crippen LogP contribution is -2.08. The summed E-state index contributed by atoms with van der Waals surface area (Å²) in [5.74, 6) is 1.20. The Morgan fingerprint density at radius 2 is 2.22 bits per heavy atom. The number of hydrogen-bond acceptors (Lipinski definition) is 4. The van der Waals surface area contributed by atoms with Crippen LogP contribution >= 0.6 is 0 Å². The maximum atomic E-state index is 13.5. The van der Waals surface area contributed by atoms with Gasteiger partial charge in [-0.25, -0.2) is 4.98 Å². The summed E-state index contributed by atoms with van der Waals surface area (Å²) in [6, 6.07) is 0.195. The van der Waals surface area contributed by atoms with Gasteiger partial charge in [-0.3, -0.25) is 0 Å². The maximum Gasteiger partial charge on any atom is 0.312 e. The molecule has 0 spiro atoms. The van der Waals surface area contributed by atoms with Crippen LogP contribution in [0.15, 0.2) is 6.33 Å². The molecule has 1 saturated carbocycles. The number of halogens is 1. The van der Waals surface area contributed by atoms with Crippen molar-refractivity contribution >= 4 is 17.0 Å². The Labute approximate surface area is 104 Å². The topological polar surface area (TPSA) is 55.6 Å². The van der Waals surface area contributed by atoms with Crippen LogP contribution in [0.3, 0.4) is 0 Å². The molecule has 1 N–H and O–H groups in total. The third-order valence-corrected chi connectivity index (χ3v) is 3.21. The van der Waals surface area contributed by atoms with Crippen LogP contribution in [0.4, 0.5) is 10.2 Å². The number of anilines is 1. The molecule has 0 atom stereocenters. The van der Waals surface area contributed by atoms with Crippen molar-refractivity contribution in [2.24, 2.45) is 5.92 Å². The van der Waals surface area contributed by atoms with Gasteiger partial charge < -0.3 is 9.88 Å². The Hall–Kier alpha value is -1.72. The average molecular weight is 249 g/mol. The molecule has 0 aliphatic heterocycles. The Morgan fingerprint density at radius 3 is 2.89 bits per heavy atom. The number of nitrogens with one attached hydrogen (secondary N) is 1. The summed E-state index contributed by atoms with van der Waals surface area (Å²) < 4.78 is 15.3. The molecule has 96 valence electrons. The molecule has 3 rings (SSSR count). The van der Waals surface area contributed by atoms with Crippen molar-refractivity contribution in [3.63, 3.8) is 0 Å². The number of hydrogen-bond donors (Lipinski definition) is 1. The molecule has 6 heteroatoms. The van der Waals surface area contributed by atoms with Crippen molar-refractivity contribution in [3.8, 4) is 0 Å². The lowest BCUT2D eigenvalue weighted by molar-refractivity contribution is 0.537. The summed E-state index contributed by atoms with van der Waals surface area (Å²) in [6.07, 6.45) is 3.46. The number of fused-ring (bicyclic) bond motifs is 1. The molecule has 18 heavy (non-hydrogen) atoms. The smallest absolute Gasteiger partial charge is 0.312 e.